The minimum atomic E-state index is -0.506. The summed E-state index contributed by atoms with van der Waals surface area (Å²) in [6.07, 6.45) is 0. The molecule has 1 heterocycles. The van der Waals surface area contributed by atoms with Crippen LogP contribution in [0.3, 0.4) is 0 Å². The average molecular weight is 462 g/mol. The molecule has 1 unspecified atom stereocenters. The number of nitrogens with zero attached hydrogens (tertiary/aromatic N) is 3. The number of thioether (sulfide) groups is 1. The van der Waals surface area contributed by atoms with Crippen LogP contribution in [0.15, 0.2) is 82.7 Å². The van der Waals surface area contributed by atoms with Crippen LogP contribution in [-0.2, 0) is 11.3 Å². The molecule has 1 amide bonds. The number of rotatable bonds is 6. The first-order chi connectivity index (χ1) is 15.8. The topological polar surface area (TPSA) is 55.2 Å². The van der Waals surface area contributed by atoms with Gasteiger partial charge < -0.3 is 4.90 Å². The molecule has 0 fully saturated rings. The summed E-state index contributed by atoms with van der Waals surface area (Å²) in [7, 11) is 1.75. The SMILES string of the molecule is Cc1ccc(-n2c(SC(C)C(=O)N(C)Cc3ccccc3)nc3ccccc3c2=O)cc1F. The third-order valence-electron chi connectivity index (χ3n) is 5.43. The van der Waals surface area contributed by atoms with Crippen molar-refractivity contribution in [2.75, 3.05) is 7.05 Å². The van der Waals surface area contributed by atoms with E-state index in [0.29, 0.717) is 33.9 Å². The molecular weight excluding hydrogens is 437 g/mol. The standard InChI is InChI=1S/C26H24FN3O2S/c1-17-13-14-20(15-22(17)27)30-25(32)21-11-7-8-12-23(21)28-26(30)33-18(2)24(31)29(3)16-19-9-5-4-6-10-19/h4-15,18H,16H2,1-3H3. The normalized spacial score (nSPS) is 12.0. The Morgan fingerprint density at radius 2 is 1.79 bits per heavy atom. The van der Waals surface area contributed by atoms with Crippen LogP contribution in [-0.4, -0.2) is 32.7 Å². The smallest absolute Gasteiger partial charge is 0.266 e. The Labute approximate surface area is 195 Å². The van der Waals surface area contributed by atoms with Gasteiger partial charge in [-0.3, -0.25) is 14.2 Å². The number of carbonyl (C=O) groups is 1. The Balaban J connectivity index is 1.71. The summed E-state index contributed by atoms with van der Waals surface area (Å²) in [6, 6.07) is 21.4. The number of hydrogen-bond donors (Lipinski definition) is 0. The maximum Gasteiger partial charge on any atom is 0.266 e. The number of para-hydroxylation sites is 1. The maximum atomic E-state index is 14.3. The number of aromatic nitrogens is 2. The minimum Gasteiger partial charge on any atom is -0.340 e. The number of carbonyl (C=O) groups excluding carboxylic acids is 1. The molecule has 5 nitrogen and oxygen atoms in total. The summed E-state index contributed by atoms with van der Waals surface area (Å²) in [4.78, 5) is 32.8. The van der Waals surface area contributed by atoms with Crippen molar-refractivity contribution < 1.29 is 9.18 Å². The Kier molecular flexibility index (Phi) is 6.60. The van der Waals surface area contributed by atoms with E-state index >= 15 is 0 Å². The zero-order valence-electron chi connectivity index (χ0n) is 18.7. The Bertz CT molecular complexity index is 1370. The molecule has 0 saturated carbocycles. The molecule has 4 rings (SSSR count). The first-order valence-electron chi connectivity index (χ1n) is 10.6. The zero-order valence-corrected chi connectivity index (χ0v) is 19.5. The zero-order chi connectivity index (χ0) is 23.5. The molecule has 0 spiro atoms. The van der Waals surface area contributed by atoms with Gasteiger partial charge in [-0.25, -0.2) is 9.37 Å². The summed E-state index contributed by atoms with van der Waals surface area (Å²) in [5, 5.41) is 0.271. The highest BCUT2D eigenvalue weighted by molar-refractivity contribution is 8.00. The first-order valence-corrected chi connectivity index (χ1v) is 11.5. The number of amides is 1. The average Bonchev–Trinajstić information content (AvgIpc) is 2.81. The lowest BCUT2D eigenvalue weighted by Gasteiger charge is -2.22. The van der Waals surface area contributed by atoms with Gasteiger partial charge in [-0.2, -0.15) is 0 Å². The van der Waals surface area contributed by atoms with E-state index in [2.05, 4.69) is 4.98 Å². The molecule has 7 heteroatoms. The summed E-state index contributed by atoms with van der Waals surface area (Å²) >= 11 is 1.19. The van der Waals surface area contributed by atoms with Crippen LogP contribution in [0.2, 0.25) is 0 Å². The second-order valence-corrected chi connectivity index (χ2v) is 9.23. The molecule has 1 atom stereocenters. The quantitative estimate of drug-likeness (QED) is 0.300. The fourth-order valence-electron chi connectivity index (χ4n) is 3.59. The van der Waals surface area contributed by atoms with Gasteiger partial charge in [0.15, 0.2) is 5.16 Å². The van der Waals surface area contributed by atoms with Crippen LogP contribution in [0.5, 0.6) is 0 Å². The van der Waals surface area contributed by atoms with Gasteiger partial charge in [0.2, 0.25) is 5.91 Å². The number of benzene rings is 3. The molecule has 33 heavy (non-hydrogen) atoms. The number of fused-ring (bicyclic) bond motifs is 1. The molecule has 0 aliphatic heterocycles. The number of aryl methyl sites for hydroxylation is 1. The monoisotopic (exact) mass is 461 g/mol. The van der Waals surface area contributed by atoms with Crippen LogP contribution in [0.25, 0.3) is 16.6 Å². The lowest BCUT2D eigenvalue weighted by atomic mass is 10.2. The lowest BCUT2D eigenvalue weighted by molar-refractivity contribution is -0.129. The molecule has 0 bridgehead atoms. The fraction of sp³-hybridized carbons (Fsp3) is 0.192. The maximum absolute atomic E-state index is 14.3. The number of hydrogen-bond acceptors (Lipinski definition) is 4. The second-order valence-electron chi connectivity index (χ2n) is 7.93. The molecule has 0 saturated heterocycles. The molecule has 0 aliphatic carbocycles. The van der Waals surface area contributed by atoms with Crippen molar-refractivity contribution in [2.45, 2.75) is 30.8 Å². The van der Waals surface area contributed by atoms with E-state index in [9.17, 15) is 14.0 Å². The molecule has 0 aliphatic rings. The van der Waals surface area contributed by atoms with E-state index in [1.54, 1.807) is 62.2 Å². The van der Waals surface area contributed by atoms with Crippen molar-refractivity contribution in [1.29, 1.82) is 0 Å². The van der Waals surface area contributed by atoms with Crippen molar-refractivity contribution >= 4 is 28.6 Å². The van der Waals surface area contributed by atoms with Crippen LogP contribution < -0.4 is 5.56 Å². The fourth-order valence-corrected chi connectivity index (χ4v) is 4.64. The molecule has 0 radical (unpaired) electrons. The molecule has 3 aromatic carbocycles. The van der Waals surface area contributed by atoms with Gasteiger partial charge in [0.05, 0.1) is 21.8 Å². The Hall–Kier alpha value is -3.45. The van der Waals surface area contributed by atoms with Gasteiger partial charge >= 0.3 is 0 Å². The van der Waals surface area contributed by atoms with Gasteiger partial charge in [-0.15, -0.1) is 0 Å². The van der Waals surface area contributed by atoms with E-state index in [1.165, 1.54) is 22.4 Å². The van der Waals surface area contributed by atoms with Crippen LogP contribution in [0, 0.1) is 12.7 Å². The van der Waals surface area contributed by atoms with Gasteiger partial charge in [0.25, 0.3) is 5.56 Å². The predicted molar refractivity (Wildman–Crippen MR) is 130 cm³/mol. The summed E-state index contributed by atoms with van der Waals surface area (Å²) in [5.74, 6) is -0.497. The van der Waals surface area contributed by atoms with E-state index in [0.717, 1.165) is 5.56 Å². The van der Waals surface area contributed by atoms with Gasteiger partial charge in [0.1, 0.15) is 5.82 Å². The van der Waals surface area contributed by atoms with Crippen molar-refractivity contribution in [3.8, 4) is 5.69 Å². The molecular formula is C26H24FN3O2S. The summed E-state index contributed by atoms with van der Waals surface area (Å²) in [6.45, 7) is 3.93. The summed E-state index contributed by atoms with van der Waals surface area (Å²) < 4.78 is 15.7. The van der Waals surface area contributed by atoms with Crippen molar-refractivity contribution in [3.63, 3.8) is 0 Å². The van der Waals surface area contributed by atoms with Gasteiger partial charge in [-0.05, 0) is 49.2 Å². The molecule has 168 valence electrons. The first kappa shape index (κ1) is 22.7. The van der Waals surface area contributed by atoms with E-state index in [-0.39, 0.29) is 11.5 Å². The van der Waals surface area contributed by atoms with Crippen LogP contribution in [0.4, 0.5) is 4.39 Å². The molecule has 0 N–H and O–H groups in total. The Morgan fingerprint density at radius 3 is 2.52 bits per heavy atom. The van der Waals surface area contributed by atoms with Crippen LogP contribution >= 0.6 is 11.8 Å². The minimum absolute atomic E-state index is 0.0899. The molecule has 1 aromatic heterocycles. The highest BCUT2D eigenvalue weighted by Crippen LogP contribution is 2.27. The number of halogens is 1. The third kappa shape index (κ3) is 4.83. The van der Waals surface area contributed by atoms with Crippen LogP contribution in [0.1, 0.15) is 18.1 Å². The third-order valence-corrected chi connectivity index (χ3v) is 6.47. The van der Waals surface area contributed by atoms with E-state index in [1.807, 2.05) is 30.3 Å². The predicted octanol–water partition coefficient (Wildman–Crippen LogP) is 4.97. The highest BCUT2D eigenvalue weighted by Gasteiger charge is 2.23. The second kappa shape index (κ2) is 9.58. The van der Waals surface area contributed by atoms with Gasteiger partial charge in [0, 0.05) is 13.6 Å². The largest absolute Gasteiger partial charge is 0.340 e. The lowest BCUT2D eigenvalue weighted by Crippen LogP contribution is -2.33. The van der Waals surface area contributed by atoms with E-state index in [4.69, 9.17) is 0 Å². The van der Waals surface area contributed by atoms with Crippen molar-refractivity contribution in [3.05, 3.63) is 100 Å². The van der Waals surface area contributed by atoms with Crippen molar-refractivity contribution in [2.24, 2.45) is 0 Å². The Morgan fingerprint density at radius 1 is 1.09 bits per heavy atom. The highest BCUT2D eigenvalue weighted by atomic mass is 32.2. The van der Waals surface area contributed by atoms with Gasteiger partial charge in [-0.1, -0.05) is 60.3 Å². The molecule has 4 aromatic rings. The summed E-state index contributed by atoms with van der Waals surface area (Å²) in [5.41, 5.74) is 2.12. The van der Waals surface area contributed by atoms with E-state index < -0.39 is 11.1 Å². The van der Waals surface area contributed by atoms with Crippen molar-refractivity contribution in [1.82, 2.24) is 14.5 Å².